The molecule has 2 aromatic rings. The third-order valence-corrected chi connectivity index (χ3v) is 8.33. The molecular weight excluding hydrogens is 529 g/mol. The molecule has 1 heterocycles. The van der Waals surface area contributed by atoms with Gasteiger partial charge in [0.1, 0.15) is 0 Å². The Morgan fingerprint density at radius 3 is 2.41 bits per heavy atom. The minimum atomic E-state index is 0.302. The van der Waals surface area contributed by atoms with Crippen LogP contribution in [0.3, 0.4) is 0 Å². The number of piperazine rings is 1. The van der Waals surface area contributed by atoms with Crippen LogP contribution in [0.25, 0.3) is 0 Å². The fourth-order valence-electron chi connectivity index (χ4n) is 6.33. The van der Waals surface area contributed by atoms with E-state index < -0.39 is 0 Å². The Morgan fingerprint density at radius 1 is 1.10 bits per heavy atom. The van der Waals surface area contributed by atoms with E-state index in [0.29, 0.717) is 52.5 Å². The van der Waals surface area contributed by atoms with E-state index in [9.17, 15) is 4.79 Å². The highest BCUT2D eigenvalue weighted by Gasteiger charge is 2.33. The van der Waals surface area contributed by atoms with Crippen LogP contribution >= 0.6 is 23.2 Å². The van der Waals surface area contributed by atoms with Crippen molar-refractivity contribution < 1.29 is 4.79 Å². The second kappa shape index (κ2) is 12.9. The summed E-state index contributed by atoms with van der Waals surface area (Å²) in [6, 6.07) is 14.6. The van der Waals surface area contributed by atoms with Gasteiger partial charge in [-0.2, -0.15) is 0 Å². The number of halogens is 2. The molecule has 2 aliphatic rings. The molecule has 1 saturated carbocycles. The number of rotatable bonds is 7. The minimum absolute atomic E-state index is 0.302. The molecule has 1 aliphatic heterocycles. The summed E-state index contributed by atoms with van der Waals surface area (Å²) in [4.78, 5) is 21.3. The molecule has 39 heavy (non-hydrogen) atoms. The van der Waals surface area contributed by atoms with Gasteiger partial charge in [0, 0.05) is 53.1 Å². The summed E-state index contributed by atoms with van der Waals surface area (Å²) in [6.07, 6.45) is 4.99. The van der Waals surface area contributed by atoms with E-state index in [2.05, 4.69) is 50.2 Å². The maximum Gasteiger partial charge on any atom is 0.214 e. The van der Waals surface area contributed by atoms with Crippen molar-refractivity contribution >= 4 is 46.9 Å². The third kappa shape index (κ3) is 8.36. The van der Waals surface area contributed by atoms with Gasteiger partial charge >= 0.3 is 0 Å². The number of hydrogen-bond acceptors (Lipinski definition) is 3. The van der Waals surface area contributed by atoms with Crippen molar-refractivity contribution in [1.82, 2.24) is 10.2 Å². The van der Waals surface area contributed by atoms with Crippen molar-refractivity contribution in [2.45, 2.75) is 78.4 Å². The normalized spacial score (nSPS) is 25.3. The maximum atomic E-state index is 11.9. The second-order valence-corrected chi connectivity index (χ2v) is 13.2. The van der Waals surface area contributed by atoms with Crippen LogP contribution in [0.1, 0.15) is 59.4 Å². The standard InChI is InChI=1S/C31H43Cl2N5O/c1-21-14-27(17-31(4,5)16-21)36-30(38-18-22(2)34-23(3)19-38)35-26-8-10-28(11-9-26)37(20-39)13-12-24-6-7-25(32)15-29(24)33/h6-11,15,20-23,27,34H,12-14,16-19H2,1-5H3,(H,35,36)/t21?,22-,23+,27?. The highest BCUT2D eigenvalue weighted by molar-refractivity contribution is 6.35. The fraction of sp³-hybridized carbons (Fsp3) is 0.548. The van der Waals surface area contributed by atoms with Crippen LogP contribution in [0.4, 0.5) is 11.4 Å². The molecule has 1 aliphatic carbocycles. The predicted octanol–water partition coefficient (Wildman–Crippen LogP) is 6.86. The zero-order valence-corrected chi connectivity index (χ0v) is 25.4. The molecule has 4 atom stereocenters. The van der Waals surface area contributed by atoms with Gasteiger partial charge in [-0.1, -0.05) is 50.0 Å². The van der Waals surface area contributed by atoms with Gasteiger partial charge in [0.2, 0.25) is 6.41 Å². The van der Waals surface area contributed by atoms with Gasteiger partial charge in [0.15, 0.2) is 5.96 Å². The highest BCUT2D eigenvalue weighted by Crippen LogP contribution is 2.40. The summed E-state index contributed by atoms with van der Waals surface area (Å²) >= 11 is 12.3. The van der Waals surface area contributed by atoms with E-state index in [4.69, 9.17) is 28.2 Å². The summed E-state index contributed by atoms with van der Waals surface area (Å²) in [5.74, 6) is 1.61. The number of carbonyl (C=O) groups is 1. The number of nitrogens with one attached hydrogen (secondary N) is 2. The quantitative estimate of drug-likeness (QED) is 0.216. The molecule has 1 saturated heterocycles. The van der Waals surface area contributed by atoms with Gasteiger partial charge in [0.05, 0.1) is 6.04 Å². The smallest absolute Gasteiger partial charge is 0.214 e. The SMILES string of the molecule is CC1CC(N=C(Nc2ccc(N(C=O)CCc3ccc(Cl)cc3Cl)cc2)N2C[C@@H](C)N[C@@H](C)C2)CC(C)(C)C1. The van der Waals surface area contributed by atoms with Crippen molar-refractivity contribution in [2.75, 3.05) is 29.9 Å². The third-order valence-electron chi connectivity index (χ3n) is 7.75. The summed E-state index contributed by atoms with van der Waals surface area (Å²) in [7, 11) is 0. The van der Waals surface area contributed by atoms with Crippen molar-refractivity contribution in [3.05, 3.63) is 58.1 Å². The van der Waals surface area contributed by atoms with Crippen LogP contribution in [0.5, 0.6) is 0 Å². The molecule has 0 spiro atoms. The number of nitrogens with zero attached hydrogens (tertiary/aromatic N) is 3. The van der Waals surface area contributed by atoms with Gasteiger partial charge in [0.25, 0.3) is 0 Å². The van der Waals surface area contributed by atoms with Crippen molar-refractivity contribution in [1.29, 1.82) is 0 Å². The molecule has 212 valence electrons. The number of amides is 1. The topological polar surface area (TPSA) is 60.0 Å². The Hall–Kier alpha value is -2.28. The lowest BCUT2D eigenvalue weighted by Gasteiger charge is -2.40. The van der Waals surface area contributed by atoms with Crippen LogP contribution in [-0.2, 0) is 11.2 Å². The summed E-state index contributed by atoms with van der Waals surface area (Å²) in [6.45, 7) is 13.9. The maximum absolute atomic E-state index is 11.9. The fourth-order valence-corrected chi connectivity index (χ4v) is 6.84. The zero-order valence-electron chi connectivity index (χ0n) is 23.9. The monoisotopic (exact) mass is 571 g/mol. The Bertz CT molecular complexity index is 1140. The average molecular weight is 573 g/mol. The van der Waals surface area contributed by atoms with Crippen LogP contribution < -0.4 is 15.5 Å². The first-order valence-electron chi connectivity index (χ1n) is 14.1. The Balaban J connectivity index is 1.49. The number of benzene rings is 2. The largest absolute Gasteiger partial charge is 0.340 e. The summed E-state index contributed by atoms with van der Waals surface area (Å²) in [5.41, 5.74) is 3.07. The van der Waals surface area contributed by atoms with Crippen LogP contribution in [0.2, 0.25) is 10.0 Å². The first kappa shape index (κ1) is 29.7. The predicted molar refractivity (Wildman–Crippen MR) is 165 cm³/mol. The molecule has 2 fully saturated rings. The number of hydrogen-bond donors (Lipinski definition) is 2. The lowest BCUT2D eigenvalue weighted by Crippen LogP contribution is -2.57. The number of aliphatic imine (C=N–C) groups is 1. The van der Waals surface area contributed by atoms with Crippen molar-refractivity contribution in [3.63, 3.8) is 0 Å². The molecule has 6 nitrogen and oxygen atoms in total. The van der Waals surface area contributed by atoms with E-state index >= 15 is 0 Å². The molecule has 0 aromatic heterocycles. The number of anilines is 2. The van der Waals surface area contributed by atoms with Crippen molar-refractivity contribution in [2.24, 2.45) is 16.3 Å². The Morgan fingerprint density at radius 2 is 1.79 bits per heavy atom. The molecule has 0 radical (unpaired) electrons. The summed E-state index contributed by atoms with van der Waals surface area (Å²) in [5, 5.41) is 8.50. The first-order chi connectivity index (χ1) is 18.5. The average Bonchev–Trinajstić information content (AvgIpc) is 2.84. The van der Waals surface area contributed by atoms with Crippen molar-refractivity contribution in [3.8, 4) is 0 Å². The van der Waals surface area contributed by atoms with E-state index in [1.165, 1.54) is 6.42 Å². The molecule has 1 amide bonds. The van der Waals surface area contributed by atoms with Gasteiger partial charge in [-0.05, 0) is 92.8 Å². The zero-order chi connectivity index (χ0) is 28.2. The Labute approximate surface area is 244 Å². The Kier molecular flexibility index (Phi) is 9.84. The lowest BCUT2D eigenvalue weighted by molar-refractivity contribution is -0.107. The van der Waals surface area contributed by atoms with Gasteiger partial charge in [-0.3, -0.25) is 4.79 Å². The molecule has 8 heteroatoms. The van der Waals surface area contributed by atoms with E-state index in [1.807, 2.05) is 36.4 Å². The second-order valence-electron chi connectivity index (χ2n) is 12.4. The van der Waals surface area contributed by atoms with Crippen LogP contribution in [0.15, 0.2) is 47.5 Å². The molecule has 0 bridgehead atoms. The molecule has 4 rings (SSSR count). The van der Waals surface area contributed by atoms with E-state index in [-0.39, 0.29) is 0 Å². The van der Waals surface area contributed by atoms with E-state index in [0.717, 1.165) is 55.2 Å². The van der Waals surface area contributed by atoms with E-state index in [1.54, 1.807) is 11.0 Å². The van der Waals surface area contributed by atoms with Gasteiger partial charge in [-0.25, -0.2) is 4.99 Å². The summed E-state index contributed by atoms with van der Waals surface area (Å²) < 4.78 is 0. The van der Waals surface area contributed by atoms with Gasteiger partial charge in [-0.15, -0.1) is 0 Å². The highest BCUT2D eigenvalue weighted by atomic mass is 35.5. The molecule has 2 N–H and O–H groups in total. The van der Waals surface area contributed by atoms with Crippen LogP contribution in [-0.4, -0.2) is 55.0 Å². The number of guanidine groups is 1. The molecular formula is C31H43Cl2N5O. The molecule has 2 unspecified atom stereocenters. The lowest BCUT2D eigenvalue weighted by atomic mass is 9.71. The van der Waals surface area contributed by atoms with Crippen LogP contribution in [0, 0.1) is 11.3 Å². The minimum Gasteiger partial charge on any atom is -0.340 e. The first-order valence-corrected chi connectivity index (χ1v) is 14.9. The number of carbonyl (C=O) groups excluding carboxylic acids is 1. The molecule has 2 aromatic carbocycles. The van der Waals surface area contributed by atoms with Gasteiger partial charge < -0.3 is 20.4 Å².